The van der Waals surface area contributed by atoms with Gasteiger partial charge in [0.25, 0.3) is 5.91 Å². The largest absolute Gasteiger partial charge is 0.483 e. The molecule has 0 bridgehead atoms. The van der Waals surface area contributed by atoms with E-state index in [1.54, 1.807) is 7.11 Å². The van der Waals surface area contributed by atoms with Gasteiger partial charge in [0.15, 0.2) is 6.61 Å². The van der Waals surface area contributed by atoms with E-state index in [2.05, 4.69) is 33.7 Å². The van der Waals surface area contributed by atoms with Crippen LogP contribution in [0.4, 0.5) is 0 Å². The number of aromatic nitrogens is 3. The number of benzene rings is 2. The fourth-order valence-corrected chi connectivity index (χ4v) is 3.93. The molecule has 0 aliphatic carbocycles. The first-order valence-corrected chi connectivity index (χ1v) is 11.0. The molecular weight excluding hydrogens is 404 g/mol. The Kier molecular flexibility index (Phi) is 6.75. The summed E-state index contributed by atoms with van der Waals surface area (Å²) in [7, 11) is 1.69. The molecule has 4 rings (SSSR count). The van der Waals surface area contributed by atoms with Crippen molar-refractivity contribution in [1.82, 2.24) is 19.9 Å². The van der Waals surface area contributed by atoms with Gasteiger partial charge in [0, 0.05) is 25.2 Å². The number of carbonyl (C=O) groups is 1. The highest BCUT2D eigenvalue weighted by Crippen LogP contribution is 2.27. The lowest BCUT2D eigenvalue weighted by Crippen LogP contribution is -2.34. The van der Waals surface area contributed by atoms with Gasteiger partial charge in [0.1, 0.15) is 11.6 Å². The van der Waals surface area contributed by atoms with Gasteiger partial charge >= 0.3 is 0 Å². The van der Waals surface area contributed by atoms with Crippen LogP contribution in [0.3, 0.4) is 0 Å². The monoisotopic (exact) mass is 434 g/mol. The van der Waals surface area contributed by atoms with Crippen molar-refractivity contribution in [2.75, 3.05) is 20.3 Å². The highest BCUT2D eigenvalue weighted by atomic mass is 16.5. The second-order valence-corrected chi connectivity index (χ2v) is 8.37. The molecule has 0 radical (unpaired) electrons. The van der Waals surface area contributed by atoms with Crippen LogP contribution in [-0.4, -0.2) is 40.8 Å². The molecule has 0 aliphatic heterocycles. The molecule has 7 nitrogen and oxygen atoms in total. The van der Waals surface area contributed by atoms with E-state index in [-0.39, 0.29) is 18.6 Å². The Labute approximate surface area is 187 Å². The number of H-pyrrole nitrogens is 1. The summed E-state index contributed by atoms with van der Waals surface area (Å²) >= 11 is 0. The number of ether oxygens (including phenoxy) is 2. The van der Waals surface area contributed by atoms with Crippen LogP contribution in [0.5, 0.6) is 5.75 Å². The number of nitrogens with one attached hydrogen (secondary N) is 2. The van der Waals surface area contributed by atoms with Crippen molar-refractivity contribution in [2.24, 2.45) is 5.92 Å². The zero-order chi connectivity index (χ0) is 22.5. The number of hydrogen-bond donors (Lipinski definition) is 2. The lowest BCUT2D eigenvalue weighted by molar-refractivity contribution is -0.124. The average molecular weight is 435 g/mol. The standard InChI is InChI=1S/C25H30N4O3/c1-17(2)15-21(25-27-19-7-4-5-8-20(19)28-25)26-24(30)16-32-23-10-6-9-22-18(23)11-12-29(22)13-14-31-3/h4-12,17,21H,13-16H2,1-3H3,(H,26,30)(H,27,28)/t21-/m0/s1. The molecule has 168 valence electrons. The maximum Gasteiger partial charge on any atom is 0.258 e. The number of methoxy groups -OCH3 is 1. The highest BCUT2D eigenvalue weighted by Gasteiger charge is 2.20. The van der Waals surface area contributed by atoms with E-state index in [0.29, 0.717) is 18.3 Å². The molecule has 1 atom stereocenters. The second kappa shape index (κ2) is 9.87. The number of hydrogen-bond acceptors (Lipinski definition) is 4. The molecule has 0 saturated heterocycles. The molecule has 0 fully saturated rings. The Hall–Kier alpha value is -3.32. The van der Waals surface area contributed by atoms with Gasteiger partial charge in [-0.15, -0.1) is 0 Å². The summed E-state index contributed by atoms with van der Waals surface area (Å²) < 4.78 is 13.2. The number of aromatic amines is 1. The minimum atomic E-state index is -0.204. The van der Waals surface area contributed by atoms with Gasteiger partial charge < -0.3 is 24.3 Å². The van der Waals surface area contributed by atoms with Crippen LogP contribution in [0.1, 0.15) is 32.1 Å². The summed E-state index contributed by atoms with van der Waals surface area (Å²) in [6, 6.07) is 15.6. The molecule has 7 heteroatoms. The van der Waals surface area contributed by atoms with Crippen LogP contribution in [0.2, 0.25) is 0 Å². The Morgan fingerprint density at radius 3 is 2.78 bits per heavy atom. The number of fused-ring (bicyclic) bond motifs is 2. The van der Waals surface area contributed by atoms with E-state index in [1.165, 1.54) is 0 Å². The first-order chi connectivity index (χ1) is 15.5. The molecule has 4 aromatic rings. The predicted octanol–water partition coefficient (Wildman–Crippen LogP) is 4.45. The average Bonchev–Trinajstić information content (AvgIpc) is 3.40. The van der Waals surface area contributed by atoms with Gasteiger partial charge in [-0.3, -0.25) is 4.79 Å². The quantitative estimate of drug-likeness (QED) is 0.386. The fraction of sp³-hybridized carbons (Fsp3) is 0.360. The van der Waals surface area contributed by atoms with E-state index in [9.17, 15) is 4.79 Å². The lowest BCUT2D eigenvalue weighted by atomic mass is 10.0. The van der Waals surface area contributed by atoms with Gasteiger partial charge in [-0.25, -0.2) is 4.98 Å². The molecule has 0 unspecified atom stereocenters. The normalized spacial score (nSPS) is 12.5. The molecule has 0 saturated carbocycles. The van der Waals surface area contributed by atoms with Crippen LogP contribution < -0.4 is 10.1 Å². The van der Waals surface area contributed by atoms with Crippen molar-refractivity contribution in [3.63, 3.8) is 0 Å². The number of para-hydroxylation sites is 2. The van der Waals surface area contributed by atoms with E-state index >= 15 is 0 Å². The summed E-state index contributed by atoms with van der Waals surface area (Å²) in [6.45, 7) is 5.60. The van der Waals surface area contributed by atoms with Gasteiger partial charge in [-0.1, -0.05) is 32.0 Å². The Balaban J connectivity index is 1.45. The van der Waals surface area contributed by atoms with Crippen LogP contribution in [-0.2, 0) is 16.1 Å². The molecule has 2 heterocycles. The van der Waals surface area contributed by atoms with E-state index in [0.717, 1.165) is 40.7 Å². The Morgan fingerprint density at radius 1 is 1.16 bits per heavy atom. The number of carbonyl (C=O) groups excluding carboxylic acids is 1. The molecule has 2 aromatic carbocycles. The third kappa shape index (κ3) is 4.94. The van der Waals surface area contributed by atoms with Gasteiger partial charge in [0.05, 0.1) is 29.2 Å². The summed E-state index contributed by atoms with van der Waals surface area (Å²) in [5.74, 6) is 1.69. The van der Waals surface area contributed by atoms with Crippen molar-refractivity contribution >= 4 is 27.8 Å². The first-order valence-electron chi connectivity index (χ1n) is 11.0. The molecule has 1 amide bonds. The first kappa shape index (κ1) is 21.9. The SMILES string of the molecule is COCCn1ccc2c(OCC(=O)N[C@@H](CC(C)C)c3nc4ccccc4[nH]3)cccc21. The number of imidazole rings is 1. The fourth-order valence-electron chi connectivity index (χ4n) is 3.93. The van der Waals surface area contributed by atoms with Crippen molar-refractivity contribution in [1.29, 1.82) is 0 Å². The summed E-state index contributed by atoms with van der Waals surface area (Å²) in [4.78, 5) is 20.8. The van der Waals surface area contributed by atoms with E-state index in [1.807, 2.05) is 54.7 Å². The van der Waals surface area contributed by atoms with E-state index in [4.69, 9.17) is 9.47 Å². The second-order valence-electron chi connectivity index (χ2n) is 8.37. The molecule has 0 aliphatic rings. The molecule has 0 spiro atoms. The minimum Gasteiger partial charge on any atom is -0.483 e. The summed E-state index contributed by atoms with van der Waals surface area (Å²) in [5.41, 5.74) is 2.91. The Morgan fingerprint density at radius 2 is 2.00 bits per heavy atom. The Bertz CT molecular complexity index is 1160. The minimum absolute atomic E-state index is 0.0583. The third-order valence-electron chi connectivity index (χ3n) is 5.45. The summed E-state index contributed by atoms with van der Waals surface area (Å²) in [5, 5.41) is 4.08. The van der Waals surface area contributed by atoms with Crippen LogP contribution in [0.15, 0.2) is 54.7 Å². The van der Waals surface area contributed by atoms with Crippen molar-refractivity contribution in [3.05, 3.63) is 60.6 Å². The van der Waals surface area contributed by atoms with Crippen LogP contribution in [0, 0.1) is 5.92 Å². The van der Waals surface area contributed by atoms with Crippen molar-refractivity contribution in [3.8, 4) is 5.75 Å². The van der Waals surface area contributed by atoms with Crippen LogP contribution >= 0.6 is 0 Å². The third-order valence-corrected chi connectivity index (χ3v) is 5.45. The smallest absolute Gasteiger partial charge is 0.258 e. The topological polar surface area (TPSA) is 81.2 Å². The van der Waals surface area contributed by atoms with Crippen molar-refractivity contribution < 1.29 is 14.3 Å². The summed E-state index contributed by atoms with van der Waals surface area (Å²) in [6.07, 6.45) is 2.79. The maximum atomic E-state index is 12.8. The number of rotatable bonds is 10. The molecular formula is C25H30N4O3. The van der Waals surface area contributed by atoms with Gasteiger partial charge in [-0.05, 0) is 42.7 Å². The zero-order valence-electron chi connectivity index (χ0n) is 18.8. The van der Waals surface area contributed by atoms with Crippen molar-refractivity contribution in [2.45, 2.75) is 32.9 Å². The van der Waals surface area contributed by atoms with Crippen LogP contribution in [0.25, 0.3) is 21.9 Å². The zero-order valence-corrected chi connectivity index (χ0v) is 18.8. The number of nitrogens with zero attached hydrogens (tertiary/aromatic N) is 2. The molecule has 32 heavy (non-hydrogen) atoms. The maximum absolute atomic E-state index is 12.8. The predicted molar refractivity (Wildman–Crippen MR) is 126 cm³/mol. The lowest BCUT2D eigenvalue weighted by Gasteiger charge is -2.19. The van der Waals surface area contributed by atoms with Gasteiger partial charge in [0.2, 0.25) is 0 Å². The molecule has 2 N–H and O–H groups in total. The van der Waals surface area contributed by atoms with Gasteiger partial charge in [-0.2, -0.15) is 0 Å². The highest BCUT2D eigenvalue weighted by molar-refractivity contribution is 5.87. The van der Waals surface area contributed by atoms with E-state index < -0.39 is 0 Å². The number of amides is 1. The molecule has 2 aromatic heterocycles.